The lowest BCUT2D eigenvalue weighted by atomic mass is 10.2. The van der Waals surface area contributed by atoms with E-state index in [4.69, 9.17) is 11.1 Å². The first-order valence-corrected chi connectivity index (χ1v) is 5.88. The molecule has 6 heteroatoms. The van der Waals surface area contributed by atoms with E-state index in [1.54, 1.807) is 0 Å². The van der Waals surface area contributed by atoms with Crippen LogP contribution in [0.5, 0.6) is 0 Å². The minimum absolute atomic E-state index is 0.0981. The number of nitrogens with one attached hydrogen (secondary N) is 2. The molecule has 19 heavy (non-hydrogen) atoms. The van der Waals surface area contributed by atoms with Gasteiger partial charge >= 0.3 is 11.1 Å². The van der Waals surface area contributed by atoms with Crippen LogP contribution in [0.1, 0.15) is 26.5 Å². The zero-order valence-electron chi connectivity index (χ0n) is 11.3. The van der Waals surface area contributed by atoms with E-state index < -0.39 is 11.1 Å². The van der Waals surface area contributed by atoms with Gasteiger partial charge in [0.15, 0.2) is 0 Å². The summed E-state index contributed by atoms with van der Waals surface area (Å²) < 4.78 is 1.18. The topological polar surface area (TPSA) is 105 Å². The maximum absolute atomic E-state index is 11.8. The maximum atomic E-state index is 11.8. The Hall–Kier alpha value is -2.37. The van der Waals surface area contributed by atoms with E-state index in [0.717, 1.165) is 5.57 Å². The van der Waals surface area contributed by atoms with Gasteiger partial charge in [-0.3, -0.25) is 14.2 Å². The molecule has 0 spiro atoms. The summed E-state index contributed by atoms with van der Waals surface area (Å²) in [5, 5.41) is 7.55. The van der Waals surface area contributed by atoms with E-state index in [9.17, 15) is 9.59 Å². The molecule has 0 radical (unpaired) electrons. The maximum Gasteiger partial charge on any atom is 0.318 e. The van der Waals surface area contributed by atoms with E-state index >= 15 is 0 Å². The Bertz CT molecular complexity index is 662. The summed E-state index contributed by atoms with van der Waals surface area (Å²) in [4.78, 5) is 25.7. The zero-order chi connectivity index (χ0) is 14.6. The van der Waals surface area contributed by atoms with Crippen molar-refractivity contribution in [3.8, 4) is 0 Å². The first kappa shape index (κ1) is 14.7. The van der Waals surface area contributed by atoms with Gasteiger partial charge in [-0.2, -0.15) is 0 Å². The van der Waals surface area contributed by atoms with Gasteiger partial charge in [0.05, 0.1) is 12.3 Å². The highest BCUT2D eigenvalue weighted by Gasteiger charge is 2.12. The standard InChI is InChI=1S/C13H18N4O2/c1-4-6-9(5-2)7-17-11(15)10(8(3)14)16-12(18)13(17)19/h4-6,14H,7,15H2,1-3H3,(H,16,18). The Morgan fingerprint density at radius 1 is 1.42 bits per heavy atom. The quantitative estimate of drug-likeness (QED) is 0.428. The van der Waals surface area contributed by atoms with Crippen LogP contribution in [0.15, 0.2) is 33.4 Å². The van der Waals surface area contributed by atoms with Crippen molar-refractivity contribution in [3.63, 3.8) is 0 Å². The number of anilines is 1. The van der Waals surface area contributed by atoms with Crippen molar-refractivity contribution in [1.82, 2.24) is 9.55 Å². The molecule has 0 saturated carbocycles. The van der Waals surface area contributed by atoms with Crippen LogP contribution in [0.4, 0.5) is 5.82 Å². The molecule has 0 aromatic carbocycles. The minimum atomic E-state index is -0.772. The van der Waals surface area contributed by atoms with Gasteiger partial charge in [-0.15, -0.1) is 0 Å². The van der Waals surface area contributed by atoms with Crippen LogP contribution in [0.2, 0.25) is 0 Å². The molecule has 0 bridgehead atoms. The molecule has 0 aliphatic heterocycles. The summed E-state index contributed by atoms with van der Waals surface area (Å²) in [6.45, 7) is 5.40. The number of H-pyrrole nitrogens is 1. The van der Waals surface area contributed by atoms with E-state index in [1.807, 2.05) is 32.1 Å². The third kappa shape index (κ3) is 3.09. The number of hydrogen-bond acceptors (Lipinski definition) is 4. The summed E-state index contributed by atoms with van der Waals surface area (Å²) in [5.41, 5.74) is 5.51. The number of aromatic nitrogens is 2. The SMILES string of the molecule is CC=CC(=CC)Cn1c(N)c(C(C)=N)[nH]c(=O)c1=O. The molecule has 0 fully saturated rings. The fourth-order valence-corrected chi connectivity index (χ4v) is 1.68. The minimum Gasteiger partial charge on any atom is -0.383 e. The van der Waals surface area contributed by atoms with Crippen LogP contribution in [0, 0.1) is 5.41 Å². The molecule has 1 heterocycles. The predicted octanol–water partition coefficient (Wildman–Crippen LogP) is 1.03. The van der Waals surface area contributed by atoms with Crippen LogP contribution in [-0.4, -0.2) is 15.3 Å². The summed E-state index contributed by atoms with van der Waals surface area (Å²) in [6, 6.07) is 0. The Labute approximate surface area is 110 Å². The summed E-state index contributed by atoms with van der Waals surface area (Å²) >= 11 is 0. The van der Waals surface area contributed by atoms with Crippen molar-refractivity contribution in [1.29, 1.82) is 5.41 Å². The zero-order valence-corrected chi connectivity index (χ0v) is 11.3. The lowest BCUT2D eigenvalue weighted by Gasteiger charge is -2.12. The van der Waals surface area contributed by atoms with Crippen molar-refractivity contribution in [3.05, 3.63) is 50.2 Å². The molecule has 0 unspecified atom stereocenters. The Morgan fingerprint density at radius 2 is 2.05 bits per heavy atom. The van der Waals surface area contributed by atoms with Gasteiger partial charge in [-0.1, -0.05) is 18.2 Å². The molecule has 0 amide bonds. The second-order valence-corrected chi connectivity index (χ2v) is 4.09. The number of rotatable bonds is 4. The van der Waals surface area contributed by atoms with Crippen molar-refractivity contribution in [2.24, 2.45) is 0 Å². The number of hydrogen-bond donors (Lipinski definition) is 3. The van der Waals surface area contributed by atoms with Gasteiger partial charge < -0.3 is 16.1 Å². The number of nitrogens with two attached hydrogens (primary N) is 1. The van der Waals surface area contributed by atoms with Gasteiger partial charge in [0, 0.05) is 0 Å². The molecule has 1 rings (SSSR count). The number of nitrogen functional groups attached to an aromatic ring is 1. The summed E-state index contributed by atoms with van der Waals surface area (Å²) in [5.74, 6) is 0.0981. The van der Waals surface area contributed by atoms with Crippen molar-refractivity contribution in [2.75, 3.05) is 5.73 Å². The molecular formula is C13H18N4O2. The fourth-order valence-electron chi connectivity index (χ4n) is 1.68. The smallest absolute Gasteiger partial charge is 0.318 e. The molecule has 102 valence electrons. The average molecular weight is 262 g/mol. The van der Waals surface area contributed by atoms with Gasteiger partial charge in [-0.05, 0) is 26.3 Å². The monoisotopic (exact) mass is 262 g/mol. The van der Waals surface area contributed by atoms with Gasteiger partial charge in [-0.25, -0.2) is 0 Å². The van der Waals surface area contributed by atoms with E-state index in [-0.39, 0.29) is 23.8 Å². The molecule has 1 aromatic rings. The number of allylic oxidation sites excluding steroid dienone is 4. The highest BCUT2D eigenvalue weighted by atomic mass is 16.2. The van der Waals surface area contributed by atoms with Gasteiger partial charge in [0.2, 0.25) is 0 Å². The van der Waals surface area contributed by atoms with Crippen LogP contribution >= 0.6 is 0 Å². The first-order valence-electron chi connectivity index (χ1n) is 5.88. The Balaban J connectivity index is 3.47. The van der Waals surface area contributed by atoms with Gasteiger partial charge in [0.1, 0.15) is 11.5 Å². The largest absolute Gasteiger partial charge is 0.383 e. The van der Waals surface area contributed by atoms with Crippen LogP contribution < -0.4 is 16.9 Å². The lowest BCUT2D eigenvalue weighted by molar-refractivity contribution is 0.746. The van der Waals surface area contributed by atoms with Gasteiger partial charge in [0.25, 0.3) is 0 Å². The number of aromatic amines is 1. The Kier molecular flexibility index (Phi) is 4.63. The van der Waals surface area contributed by atoms with Crippen LogP contribution in [0.3, 0.4) is 0 Å². The van der Waals surface area contributed by atoms with Crippen molar-refractivity contribution >= 4 is 11.5 Å². The Morgan fingerprint density at radius 3 is 2.53 bits per heavy atom. The van der Waals surface area contributed by atoms with E-state index in [0.29, 0.717) is 0 Å². The predicted molar refractivity (Wildman–Crippen MR) is 76.8 cm³/mol. The second-order valence-electron chi connectivity index (χ2n) is 4.09. The van der Waals surface area contributed by atoms with Crippen molar-refractivity contribution < 1.29 is 0 Å². The molecule has 0 saturated heterocycles. The van der Waals surface area contributed by atoms with Crippen molar-refractivity contribution in [2.45, 2.75) is 27.3 Å². The molecule has 0 aliphatic carbocycles. The van der Waals surface area contributed by atoms with E-state index in [2.05, 4.69) is 4.98 Å². The normalized spacial score (nSPS) is 12.1. The summed E-state index contributed by atoms with van der Waals surface area (Å²) in [6.07, 6.45) is 5.51. The molecule has 6 nitrogen and oxygen atoms in total. The van der Waals surface area contributed by atoms with Crippen LogP contribution in [0.25, 0.3) is 0 Å². The molecule has 0 aliphatic rings. The molecular weight excluding hydrogens is 244 g/mol. The third-order valence-electron chi connectivity index (χ3n) is 2.69. The highest BCUT2D eigenvalue weighted by Crippen LogP contribution is 2.08. The second kappa shape index (κ2) is 5.99. The number of nitrogens with zero attached hydrogens (tertiary/aromatic N) is 1. The van der Waals surface area contributed by atoms with Crippen LogP contribution in [-0.2, 0) is 6.54 Å². The first-order chi connectivity index (χ1) is 8.92. The molecule has 1 aromatic heterocycles. The third-order valence-corrected chi connectivity index (χ3v) is 2.69. The van der Waals surface area contributed by atoms with E-state index in [1.165, 1.54) is 11.5 Å². The molecule has 0 atom stereocenters. The average Bonchev–Trinajstić information content (AvgIpc) is 2.37. The fraction of sp³-hybridized carbons (Fsp3) is 0.308. The lowest BCUT2D eigenvalue weighted by Crippen LogP contribution is -2.39. The summed E-state index contributed by atoms with van der Waals surface area (Å²) in [7, 11) is 0. The molecule has 4 N–H and O–H groups in total. The highest BCUT2D eigenvalue weighted by molar-refractivity contribution is 5.98.